The van der Waals surface area contributed by atoms with Crippen LogP contribution >= 0.6 is 11.8 Å². The van der Waals surface area contributed by atoms with Gasteiger partial charge in [-0.1, -0.05) is 12.1 Å². The molecule has 220 valence electrons. The number of hydrogen-bond donors (Lipinski definition) is 2. The lowest BCUT2D eigenvalue weighted by molar-refractivity contribution is -0.157. The number of rotatable bonds is 8. The van der Waals surface area contributed by atoms with Crippen LogP contribution in [-0.4, -0.2) is 63.7 Å². The molecule has 1 aliphatic carbocycles. The third kappa shape index (κ3) is 7.27. The van der Waals surface area contributed by atoms with Crippen molar-refractivity contribution in [2.75, 3.05) is 30.0 Å². The van der Waals surface area contributed by atoms with E-state index in [9.17, 15) is 14.4 Å². The van der Waals surface area contributed by atoms with Crippen molar-refractivity contribution >= 4 is 52.0 Å². The maximum atomic E-state index is 13.2. The van der Waals surface area contributed by atoms with Gasteiger partial charge in [-0.15, -0.1) is 11.8 Å². The molecule has 0 saturated carbocycles. The molecule has 42 heavy (non-hydrogen) atoms. The molecule has 11 heteroatoms. The first-order valence-corrected chi connectivity index (χ1v) is 14.9. The van der Waals surface area contributed by atoms with E-state index in [1.54, 1.807) is 31.5 Å². The largest absolute Gasteiger partial charge is 0.481 e. The van der Waals surface area contributed by atoms with Crippen LogP contribution in [0.25, 0.3) is 11.0 Å². The highest BCUT2D eigenvalue weighted by molar-refractivity contribution is 8.00. The summed E-state index contributed by atoms with van der Waals surface area (Å²) in [5.74, 6) is 0.337. The zero-order chi connectivity index (χ0) is 29.9. The Morgan fingerprint density at radius 2 is 2.02 bits per heavy atom. The Kier molecular flexibility index (Phi) is 8.79. The molecule has 1 aromatic carbocycles. The highest BCUT2D eigenvalue weighted by Gasteiger charge is 2.28. The molecule has 5 rings (SSSR count). The molecule has 1 aliphatic heterocycles. The van der Waals surface area contributed by atoms with Gasteiger partial charge in [0.05, 0.1) is 36.3 Å². The van der Waals surface area contributed by atoms with Gasteiger partial charge in [0.1, 0.15) is 11.1 Å². The number of esters is 1. The topological polar surface area (TPSA) is 123 Å². The van der Waals surface area contributed by atoms with E-state index in [4.69, 9.17) is 9.47 Å². The van der Waals surface area contributed by atoms with Crippen LogP contribution in [-0.2, 0) is 25.7 Å². The number of carbonyl (C=O) groups excluding carboxylic acids is 3. The molecule has 2 aliphatic rings. The second-order valence-electron chi connectivity index (χ2n) is 11.4. The normalized spacial score (nSPS) is 16.8. The third-order valence-corrected chi connectivity index (χ3v) is 8.10. The van der Waals surface area contributed by atoms with Crippen LogP contribution in [0.15, 0.2) is 59.1 Å². The van der Waals surface area contributed by atoms with E-state index < -0.39 is 5.60 Å². The zero-order valence-corrected chi connectivity index (χ0v) is 25.0. The number of hydrogen-bond acceptors (Lipinski definition) is 9. The highest BCUT2D eigenvalue weighted by Crippen LogP contribution is 2.33. The first kappa shape index (κ1) is 29.5. The smallest absolute Gasteiger partial charge is 0.320 e. The molecule has 0 saturated heterocycles. The average Bonchev–Trinajstić information content (AvgIpc) is 2.95. The van der Waals surface area contributed by atoms with Gasteiger partial charge in [0.2, 0.25) is 11.8 Å². The molecule has 3 aromatic rings. The van der Waals surface area contributed by atoms with Crippen molar-refractivity contribution in [3.63, 3.8) is 0 Å². The van der Waals surface area contributed by atoms with Crippen LogP contribution in [0.5, 0.6) is 5.88 Å². The number of anilines is 2. The summed E-state index contributed by atoms with van der Waals surface area (Å²) in [5.41, 5.74) is 3.65. The summed E-state index contributed by atoms with van der Waals surface area (Å²) in [6.45, 7) is 6.18. The van der Waals surface area contributed by atoms with Gasteiger partial charge >= 0.3 is 5.97 Å². The maximum Gasteiger partial charge on any atom is 0.320 e. The molecule has 2 aromatic heterocycles. The number of benzene rings is 1. The van der Waals surface area contributed by atoms with E-state index >= 15 is 0 Å². The molecule has 1 atom stereocenters. The SMILES string of the molecule is COc1ccc2nccc(NC(=O)C3=CCC(N(CC(=O)OC(C)(C)C)Cc4ccc5c(c4)NC(=O)CS5)CC3)c2n1. The van der Waals surface area contributed by atoms with Gasteiger partial charge < -0.3 is 20.1 Å². The molecular formula is C31H35N5O5S. The number of methoxy groups -OCH3 is 1. The summed E-state index contributed by atoms with van der Waals surface area (Å²) in [6, 6.07) is 11.3. The number of aromatic nitrogens is 2. The van der Waals surface area contributed by atoms with E-state index in [1.807, 2.05) is 45.0 Å². The van der Waals surface area contributed by atoms with Crippen LogP contribution in [0.4, 0.5) is 11.4 Å². The summed E-state index contributed by atoms with van der Waals surface area (Å²) in [5, 5.41) is 5.93. The monoisotopic (exact) mass is 589 g/mol. The molecular weight excluding hydrogens is 554 g/mol. The van der Waals surface area contributed by atoms with Gasteiger partial charge in [-0.3, -0.25) is 24.3 Å². The Morgan fingerprint density at radius 1 is 1.19 bits per heavy atom. The molecule has 0 bridgehead atoms. The summed E-state index contributed by atoms with van der Waals surface area (Å²) >= 11 is 1.52. The van der Waals surface area contributed by atoms with E-state index in [0.29, 0.717) is 59.7 Å². The van der Waals surface area contributed by atoms with Crippen molar-refractivity contribution in [2.45, 2.75) is 63.1 Å². The second kappa shape index (κ2) is 12.5. The molecule has 0 spiro atoms. The Hall–Kier alpha value is -3.96. The predicted octanol–water partition coefficient (Wildman–Crippen LogP) is 4.94. The van der Waals surface area contributed by atoms with Gasteiger partial charge in [-0.2, -0.15) is 0 Å². The zero-order valence-electron chi connectivity index (χ0n) is 24.2. The Bertz CT molecular complexity index is 1550. The fraction of sp³-hybridized carbons (Fsp3) is 0.387. The van der Waals surface area contributed by atoms with Crippen molar-refractivity contribution < 1.29 is 23.9 Å². The van der Waals surface area contributed by atoms with E-state index in [2.05, 4.69) is 25.5 Å². The number of amides is 2. The molecule has 1 unspecified atom stereocenters. The van der Waals surface area contributed by atoms with Crippen LogP contribution in [0.1, 0.15) is 45.6 Å². The fourth-order valence-corrected chi connectivity index (χ4v) is 5.89. The number of thioether (sulfide) groups is 1. The first-order chi connectivity index (χ1) is 20.1. The highest BCUT2D eigenvalue weighted by atomic mass is 32.2. The first-order valence-electron chi connectivity index (χ1n) is 13.9. The van der Waals surface area contributed by atoms with Gasteiger partial charge in [-0.25, -0.2) is 4.98 Å². The van der Waals surface area contributed by atoms with Gasteiger partial charge in [0.15, 0.2) is 0 Å². The molecule has 2 N–H and O–H groups in total. The fourth-order valence-electron chi connectivity index (χ4n) is 5.10. The standard InChI is InChI=1S/C31H35N5O5S/c1-31(2,3)41-28(38)17-36(16-19-5-11-25-24(15-19)33-26(37)18-42-25)21-8-6-20(7-9-21)30(39)34-23-13-14-32-22-10-12-27(40-4)35-29(22)23/h5-6,10-15,21H,7-9,16-18H2,1-4H3,(H,33,37)(H,32,34,39). The van der Waals surface area contributed by atoms with Gasteiger partial charge in [0.25, 0.3) is 5.91 Å². The summed E-state index contributed by atoms with van der Waals surface area (Å²) in [6.07, 6.45) is 5.44. The number of pyridine rings is 2. The van der Waals surface area contributed by atoms with Crippen LogP contribution < -0.4 is 15.4 Å². The second-order valence-corrected chi connectivity index (χ2v) is 12.4. The maximum absolute atomic E-state index is 13.2. The van der Waals surface area contributed by atoms with Crippen molar-refractivity contribution in [2.24, 2.45) is 0 Å². The molecule has 3 heterocycles. The van der Waals surface area contributed by atoms with Gasteiger partial charge in [-0.05, 0) is 69.9 Å². The Labute approximate surface area is 249 Å². The Balaban J connectivity index is 1.31. The minimum Gasteiger partial charge on any atom is -0.481 e. The van der Waals surface area contributed by atoms with E-state index in [1.165, 1.54) is 11.8 Å². The number of fused-ring (bicyclic) bond motifs is 2. The summed E-state index contributed by atoms with van der Waals surface area (Å²) < 4.78 is 10.9. The Morgan fingerprint density at radius 3 is 2.76 bits per heavy atom. The molecule has 0 fully saturated rings. The van der Waals surface area contributed by atoms with Crippen molar-refractivity contribution in [1.29, 1.82) is 0 Å². The molecule has 10 nitrogen and oxygen atoms in total. The summed E-state index contributed by atoms with van der Waals surface area (Å²) in [4.78, 5) is 50.0. The lowest BCUT2D eigenvalue weighted by Crippen LogP contribution is -2.42. The molecule has 2 amide bonds. The van der Waals surface area contributed by atoms with E-state index in [0.717, 1.165) is 16.1 Å². The molecule has 0 radical (unpaired) electrons. The van der Waals surface area contributed by atoms with Crippen molar-refractivity contribution in [3.8, 4) is 5.88 Å². The average molecular weight is 590 g/mol. The predicted molar refractivity (Wildman–Crippen MR) is 162 cm³/mol. The van der Waals surface area contributed by atoms with Crippen LogP contribution in [0, 0.1) is 0 Å². The van der Waals surface area contributed by atoms with Crippen molar-refractivity contribution in [3.05, 3.63) is 59.8 Å². The number of ether oxygens (including phenoxy) is 2. The lowest BCUT2D eigenvalue weighted by Gasteiger charge is -2.34. The number of nitrogens with one attached hydrogen (secondary N) is 2. The minimum atomic E-state index is -0.593. The van der Waals surface area contributed by atoms with Crippen LogP contribution in [0.2, 0.25) is 0 Å². The summed E-state index contributed by atoms with van der Waals surface area (Å²) in [7, 11) is 1.54. The lowest BCUT2D eigenvalue weighted by atomic mass is 9.93. The van der Waals surface area contributed by atoms with E-state index in [-0.39, 0.29) is 30.4 Å². The third-order valence-electron chi connectivity index (χ3n) is 7.02. The number of carbonyl (C=O) groups is 3. The quantitative estimate of drug-likeness (QED) is 0.352. The van der Waals surface area contributed by atoms with Crippen molar-refractivity contribution in [1.82, 2.24) is 14.9 Å². The van der Waals surface area contributed by atoms with Gasteiger partial charge in [0, 0.05) is 35.3 Å². The van der Waals surface area contributed by atoms with Crippen LogP contribution in [0.3, 0.4) is 0 Å². The number of nitrogens with zero attached hydrogens (tertiary/aromatic N) is 3. The minimum absolute atomic E-state index is 0.0202.